The van der Waals surface area contributed by atoms with Crippen LogP contribution in [0.1, 0.15) is 29.7 Å². The van der Waals surface area contributed by atoms with Crippen molar-refractivity contribution in [3.63, 3.8) is 0 Å². The minimum Gasteiger partial charge on any atom is -0.234 e. The number of rotatable bonds is 2. The van der Waals surface area contributed by atoms with E-state index in [2.05, 4.69) is 4.98 Å². The van der Waals surface area contributed by atoms with Gasteiger partial charge in [0.2, 0.25) is 5.52 Å². The molecule has 0 bridgehead atoms. The zero-order valence-electron chi connectivity index (χ0n) is 14.7. The fraction of sp³-hybridized carbons (Fsp3) is 0.333. The molecule has 0 spiro atoms. The molecule has 0 atom stereocenters. The SMILES string of the molecule is CCc1n(-c2ccccc2C)c2cc(C(F)(F)F)nc(C(F)(F)F)c2[n+]1C. The Balaban J connectivity index is 2.55. The molecular formula is C18H16F6N3+. The molecule has 0 aliphatic rings. The van der Waals surface area contributed by atoms with Gasteiger partial charge in [-0.3, -0.25) is 0 Å². The highest BCUT2D eigenvalue weighted by Crippen LogP contribution is 2.38. The summed E-state index contributed by atoms with van der Waals surface area (Å²) in [5.74, 6) is 0.436. The van der Waals surface area contributed by atoms with E-state index in [1.165, 1.54) is 16.2 Å². The Bertz CT molecular complexity index is 1010. The first-order valence-electron chi connectivity index (χ1n) is 8.11. The van der Waals surface area contributed by atoms with Gasteiger partial charge in [-0.25, -0.2) is 9.55 Å². The Labute approximate surface area is 150 Å². The van der Waals surface area contributed by atoms with Crippen LogP contribution in [0.2, 0.25) is 0 Å². The highest BCUT2D eigenvalue weighted by molar-refractivity contribution is 5.78. The number of fused-ring (bicyclic) bond motifs is 1. The maximum absolute atomic E-state index is 13.5. The highest BCUT2D eigenvalue weighted by atomic mass is 19.4. The topological polar surface area (TPSA) is 21.7 Å². The summed E-state index contributed by atoms with van der Waals surface area (Å²) in [6.07, 6.45) is -9.71. The minimum absolute atomic E-state index is 0.182. The number of benzene rings is 1. The molecule has 9 heteroatoms. The van der Waals surface area contributed by atoms with Crippen LogP contribution in [-0.2, 0) is 25.8 Å². The summed E-state index contributed by atoms with van der Waals surface area (Å²) in [7, 11) is 1.40. The zero-order valence-corrected chi connectivity index (χ0v) is 14.7. The summed E-state index contributed by atoms with van der Waals surface area (Å²) in [5, 5.41) is 0. The summed E-state index contributed by atoms with van der Waals surface area (Å²) < 4.78 is 83.0. The van der Waals surface area contributed by atoms with Gasteiger partial charge in [-0.1, -0.05) is 25.1 Å². The number of aryl methyl sites for hydroxylation is 2. The number of nitrogens with zero attached hydrogens (tertiary/aromatic N) is 3. The summed E-state index contributed by atoms with van der Waals surface area (Å²) >= 11 is 0. The Morgan fingerprint density at radius 2 is 1.67 bits per heavy atom. The number of alkyl halides is 6. The summed E-state index contributed by atoms with van der Waals surface area (Å²) in [4.78, 5) is 2.92. The van der Waals surface area contributed by atoms with Crippen LogP contribution in [0, 0.1) is 6.92 Å². The van der Waals surface area contributed by atoms with Crippen molar-refractivity contribution in [3.8, 4) is 5.69 Å². The molecule has 3 rings (SSSR count). The zero-order chi connectivity index (χ0) is 20.1. The molecule has 0 saturated carbocycles. The van der Waals surface area contributed by atoms with E-state index in [9.17, 15) is 26.3 Å². The van der Waals surface area contributed by atoms with Gasteiger partial charge in [0.1, 0.15) is 11.4 Å². The van der Waals surface area contributed by atoms with E-state index in [4.69, 9.17) is 0 Å². The van der Waals surface area contributed by atoms with Gasteiger partial charge in [0.05, 0.1) is 7.05 Å². The van der Waals surface area contributed by atoms with E-state index in [1.54, 1.807) is 38.1 Å². The summed E-state index contributed by atoms with van der Waals surface area (Å²) in [6, 6.07) is 7.52. The van der Waals surface area contributed by atoms with Crippen LogP contribution < -0.4 is 4.57 Å². The third-order valence-electron chi connectivity index (χ3n) is 4.43. The van der Waals surface area contributed by atoms with E-state index in [1.807, 2.05) is 0 Å². The van der Waals surface area contributed by atoms with E-state index in [0.717, 1.165) is 5.56 Å². The monoisotopic (exact) mass is 388 g/mol. The maximum Gasteiger partial charge on any atom is 0.437 e. The number of imidazole rings is 1. The van der Waals surface area contributed by atoms with Gasteiger partial charge in [-0.05, 0) is 18.6 Å². The average Bonchev–Trinajstić information content (AvgIpc) is 2.85. The number of pyridine rings is 1. The number of halogens is 6. The van der Waals surface area contributed by atoms with Crippen molar-refractivity contribution >= 4 is 11.0 Å². The van der Waals surface area contributed by atoms with Gasteiger partial charge >= 0.3 is 12.4 Å². The molecule has 0 N–H and O–H groups in total. The van der Waals surface area contributed by atoms with Crippen molar-refractivity contribution in [2.45, 2.75) is 32.6 Å². The van der Waals surface area contributed by atoms with Crippen LogP contribution in [0.15, 0.2) is 30.3 Å². The Kier molecular flexibility index (Phi) is 4.44. The number of hydrogen-bond donors (Lipinski definition) is 0. The molecular weight excluding hydrogens is 372 g/mol. The summed E-state index contributed by atoms with van der Waals surface area (Å²) in [6.45, 7) is 3.48. The van der Waals surface area contributed by atoms with Gasteiger partial charge in [0.25, 0.3) is 5.82 Å². The van der Waals surface area contributed by atoms with Crippen LogP contribution in [0.4, 0.5) is 26.3 Å². The number of hydrogen-bond acceptors (Lipinski definition) is 1. The largest absolute Gasteiger partial charge is 0.437 e. The average molecular weight is 388 g/mol. The Morgan fingerprint density at radius 1 is 1.04 bits per heavy atom. The lowest BCUT2D eigenvalue weighted by molar-refractivity contribution is -0.654. The normalized spacial score (nSPS) is 12.8. The maximum atomic E-state index is 13.5. The third-order valence-corrected chi connectivity index (χ3v) is 4.43. The molecule has 0 aliphatic carbocycles. The fourth-order valence-electron chi connectivity index (χ4n) is 3.27. The molecule has 144 valence electrons. The quantitative estimate of drug-likeness (QED) is 0.458. The lowest BCUT2D eigenvalue weighted by Gasteiger charge is -2.11. The molecule has 1 aromatic carbocycles. The van der Waals surface area contributed by atoms with Crippen molar-refractivity contribution in [2.75, 3.05) is 0 Å². The molecule has 0 radical (unpaired) electrons. The second kappa shape index (κ2) is 6.24. The summed E-state index contributed by atoms with van der Waals surface area (Å²) in [5.41, 5.74) is -2.43. The molecule has 3 aromatic rings. The molecule has 3 nitrogen and oxygen atoms in total. The van der Waals surface area contributed by atoms with Crippen LogP contribution in [-0.4, -0.2) is 9.55 Å². The van der Waals surface area contributed by atoms with Gasteiger partial charge < -0.3 is 0 Å². The van der Waals surface area contributed by atoms with Crippen LogP contribution >= 0.6 is 0 Å². The minimum atomic E-state index is -5.03. The van der Waals surface area contributed by atoms with Crippen LogP contribution in [0.25, 0.3) is 16.7 Å². The van der Waals surface area contributed by atoms with Crippen LogP contribution in [0.5, 0.6) is 0 Å². The first kappa shape index (κ1) is 19.2. The number of aromatic nitrogens is 3. The van der Waals surface area contributed by atoms with E-state index >= 15 is 0 Å². The smallest absolute Gasteiger partial charge is 0.234 e. The molecule has 2 heterocycles. The van der Waals surface area contributed by atoms with E-state index in [0.29, 0.717) is 24.0 Å². The lowest BCUT2D eigenvalue weighted by atomic mass is 10.2. The van der Waals surface area contributed by atoms with E-state index in [-0.39, 0.29) is 11.0 Å². The molecule has 0 unspecified atom stereocenters. The second-order valence-corrected chi connectivity index (χ2v) is 6.17. The first-order chi connectivity index (χ1) is 12.5. The van der Waals surface area contributed by atoms with Gasteiger partial charge in [0.15, 0.2) is 11.2 Å². The lowest BCUT2D eigenvalue weighted by Crippen LogP contribution is -2.34. The van der Waals surface area contributed by atoms with Gasteiger partial charge in [-0.2, -0.15) is 30.9 Å². The number of para-hydroxylation sites is 1. The first-order valence-corrected chi connectivity index (χ1v) is 8.11. The molecule has 0 fully saturated rings. The fourth-order valence-corrected chi connectivity index (χ4v) is 3.27. The second-order valence-electron chi connectivity index (χ2n) is 6.17. The van der Waals surface area contributed by atoms with Gasteiger partial charge in [0, 0.05) is 12.5 Å². The molecule has 27 heavy (non-hydrogen) atoms. The molecule has 2 aromatic heterocycles. The Morgan fingerprint density at radius 3 is 2.19 bits per heavy atom. The molecule has 0 aliphatic heterocycles. The predicted octanol–water partition coefficient (Wildman–Crippen LogP) is 4.76. The van der Waals surface area contributed by atoms with Gasteiger partial charge in [-0.15, -0.1) is 0 Å². The van der Waals surface area contributed by atoms with Crippen molar-refractivity contribution < 1.29 is 30.9 Å². The third kappa shape index (κ3) is 3.15. The Hall–Kier alpha value is -2.58. The van der Waals surface area contributed by atoms with Crippen molar-refractivity contribution in [1.29, 1.82) is 0 Å². The van der Waals surface area contributed by atoms with Crippen molar-refractivity contribution in [2.24, 2.45) is 7.05 Å². The highest BCUT2D eigenvalue weighted by Gasteiger charge is 2.44. The molecule has 0 amide bonds. The van der Waals surface area contributed by atoms with Crippen molar-refractivity contribution in [3.05, 3.63) is 53.1 Å². The standard InChI is InChI=1S/C18H16F6N3/c1-4-14-26(3)15-12(27(14)11-8-6-5-7-10(11)2)9-13(17(19,20)21)25-16(15)18(22,23)24/h5-9H,4H2,1-3H3/q+1. The predicted molar refractivity (Wildman–Crippen MR) is 86.4 cm³/mol. The molecule has 0 saturated heterocycles. The van der Waals surface area contributed by atoms with Crippen LogP contribution in [0.3, 0.4) is 0 Å². The van der Waals surface area contributed by atoms with E-state index < -0.39 is 23.7 Å². The van der Waals surface area contributed by atoms with Crippen molar-refractivity contribution in [1.82, 2.24) is 9.55 Å².